The molecule has 1 amide bonds. The van der Waals surface area contributed by atoms with Crippen LogP contribution in [0.15, 0.2) is 77.7 Å². The summed E-state index contributed by atoms with van der Waals surface area (Å²) in [5.74, 6) is 1.13. The minimum atomic E-state index is -1.33. The predicted octanol–water partition coefficient (Wildman–Crippen LogP) is 3.60. The molecule has 0 saturated heterocycles. The minimum absolute atomic E-state index is 0.127. The summed E-state index contributed by atoms with van der Waals surface area (Å²) in [6, 6.07) is 21.4. The fourth-order valence-corrected chi connectivity index (χ4v) is 5.41. The van der Waals surface area contributed by atoms with Gasteiger partial charge in [-0.05, 0) is 47.7 Å². The lowest BCUT2D eigenvalue weighted by Crippen LogP contribution is -2.42. The highest BCUT2D eigenvalue weighted by molar-refractivity contribution is 5.83. The summed E-state index contributed by atoms with van der Waals surface area (Å²) in [6.07, 6.45) is 2.81. The van der Waals surface area contributed by atoms with Gasteiger partial charge in [0.15, 0.2) is 6.10 Å². The molecule has 2 N–H and O–H groups in total. The topological polar surface area (TPSA) is 102 Å². The number of nitrogens with one attached hydrogen (secondary N) is 1. The van der Waals surface area contributed by atoms with Crippen LogP contribution < -0.4 is 10.5 Å². The summed E-state index contributed by atoms with van der Waals surface area (Å²) in [5, 5.41) is 11.0. The number of benzene rings is 2. The van der Waals surface area contributed by atoms with Crippen molar-refractivity contribution in [1.82, 2.24) is 19.9 Å². The number of aromatic nitrogens is 3. The van der Waals surface area contributed by atoms with Crippen LogP contribution in [0.2, 0.25) is 0 Å². The van der Waals surface area contributed by atoms with Gasteiger partial charge in [0.05, 0.1) is 23.2 Å². The number of hydrogen-bond acceptors (Lipinski definition) is 6. The van der Waals surface area contributed by atoms with E-state index < -0.39 is 12.0 Å². The molecule has 0 spiro atoms. The monoisotopic (exact) mass is 521 g/mol. The highest BCUT2D eigenvalue weighted by Gasteiger charge is 2.48. The maximum absolute atomic E-state index is 13.3. The van der Waals surface area contributed by atoms with E-state index in [9.17, 15) is 14.7 Å². The Labute approximate surface area is 227 Å². The molecule has 198 valence electrons. The van der Waals surface area contributed by atoms with Gasteiger partial charge in [0.2, 0.25) is 0 Å². The molecule has 1 aliphatic heterocycles. The largest absolute Gasteiger partial charge is 0.378 e. The minimum Gasteiger partial charge on any atom is -0.378 e. The quantitative estimate of drug-likeness (QED) is 0.402. The van der Waals surface area contributed by atoms with Crippen LogP contribution in [-0.4, -0.2) is 51.5 Å². The van der Waals surface area contributed by atoms with E-state index in [0.717, 1.165) is 41.0 Å². The Kier molecular flexibility index (Phi) is 6.27. The van der Waals surface area contributed by atoms with E-state index in [4.69, 9.17) is 4.98 Å². The summed E-state index contributed by atoms with van der Waals surface area (Å²) < 4.78 is 0. The van der Waals surface area contributed by atoms with Crippen LogP contribution in [0.4, 0.5) is 5.82 Å². The van der Waals surface area contributed by atoms with E-state index in [-0.39, 0.29) is 17.5 Å². The maximum Gasteiger partial charge on any atom is 0.256 e. The zero-order chi connectivity index (χ0) is 27.1. The van der Waals surface area contributed by atoms with Gasteiger partial charge >= 0.3 is 0 Å². The molecule has 3 heterocycles. The van der Waals surface area contributed by atoms with Crippen LogP contribution in [-0.2, 0) is 23.2 Å². The molecule has 1 unspecified atom stereocenters. The molecule has 0 radical (unpaired) electrons. The number of H-pyrrole nitrogens is 1. The van der Waals surface area contributed by atoms with Gasteiger partial charge in [-0.25, -0.2) is 9.97 Å². The molecule has 1 saturated carbocycles. The highest BCUT2D eigenvalue weighted by Crippen LogP contribution is 2.52. The molecule has 1 fully saturated rings. The lowest BCUT2D eigenvalue weighted by Gasteiger charge is -2.30. The first-order valence-electron chi connectivity index (χ1n) is 13.2. The first-order chi connectivity index (χ1) is 18.9. The van der Waals surface area contributed by atoms with Gasteiger partial charge in [0.1, 0.15) is 11.6 Å². The van der Waals surface area contributed by atoms with Crippen molar-refractivity contribution in [2.45, 2.75) is 37.3 Å². The van der Waals surface area contributed by atoms with E-state index in [1.165, 1.54) is 0 Å². The van der Waals surface area contributed by atoms with Crippen LogP contribution in [0, 0.1) is 0 Å². The third kappa shape index (κ3) is 4.61. The first-order valence-corrected chi connectivity index (χ1v) is 13.2. The summed E-state index contributed by atoms with van der Waals surface area (Å²) in [7, 11) is 3.86. The summed E-state index contributed by atoms with van der Waals surface area (Å²) in [6.45, 7) is 0.522. The highest BCUT2D eigenvalue weighted by atomic mass is 16.3. The summed E-state index contributed by atoms with van der Waals surface area (Å²) in [4.78, 5) is 42.3. The van der Waals surface area contributed by atoms with Crippen LogP contribution in [0.25, 0.3) is 11.1 Å². The number of aromatic amines is 1. The van der Waals surface area contributed by atoms with E-state index in [0.29, 0.717) is 29.9 Å². The molecule has 39 heavy (non-hydrogen) atoms. The standard InChI is InChI=1S/C31H31N5O3/c1-35(2)26-12-11-22(18-32-26)20-7-6-8-21(17-20)27(37)29(39)36-16-13-25-24(19-36)28(38)34-30(33-25)31(14-15-31)23-9-4-3-5-10-23/h3-12,17-18,27,37H,13-16,19H2,1-2H3,(H,33,34,38). The van der Waals surface area contributed by atoms with Crippen molar-refractivity contribution >= 4 is 11.7 Å². The van der Waals surface area contributed by atoms with Gasteiger partial charge in [-0.2, -0.15) is 0 Å². The number of nitrogens with zero attached hydrogens (tertiary/aromatic N) is 4. The summed E-state index contributed by atoms with van der Waals surface area (Å²) >= 11 is 0. The fraction of sp³-hybridized carbons (Fsp3) is 0.290. The fourth-order valence-electron chi connectivity index (χ4n) is 5.41. The van der Waals surface area contributed by atoms with E-state index in [2.05, 4.69) is 22.1 Å². The van der Waals surface area contributed by atoms with Crippen molar-refractivity contribution in [3.8, 4) is 11.1 Å². The van der Waals surface area contributed by atoms with E-state index >= 15 is 0 Å². The smallest absolute Gasteiger partial charge is 0.256 e. The van der Waals surface area contributed by atoms with Crippen LogP contribution in [0.5, 0.6) is 0 Å². The van der Waals surface area contributed by atoms with Gasteiger partial charge in [-0.15, -0.1) is 0 Å². The molecule has 1 atom stereocenters. The van der Waals surface area contributed by atoms with Gasteiger partial charge in [-0.1, -0.05) is 48.5 Å². The summed E-state index contributed by atoms with van der Waals surface area (Å²) in [5.41, 5.74) is 4.22. The Balaban J connectivity index is 1.20. The van der Waals surface area contributed by atoms with Crippen molar-refractivity contribution in [2.24, 2.45) is 0 Å². The Morgan fingerprint density at radius 2 is 1.85 bits per heavy atom. The third-order valence-corrected chi connectivity index (χ3v) is 7.89. The second-order valence-electron chi connectivity index (χ2n) is 10.6. The zero-order valence-electron chi connectivity index (χ0n) is 22.1. The maximum atomic E-state index is 13.3. The molecular weight excluding hydrogens is 490 g/mol. The molecule has 2 aromatic carbocycles. The molecule has 2 aromatic heterocycles. The Morgan fingerprint density at radius 3 is 2.54 bits per heavy atom. The van der Waals surface area contributed by atoms with Gasteiger partial charge in [-0.3, -0.25) is 9.59 Å². The number of anilines is 1. The number of pyridine rings is 1. The number of carbonyl (C=O) groups is 1. The van der Waals surface area contributed by atoms with Crippen molar-refractivity contribution in [1.29, 1.82) is 0 Å². The van der Waals surface area contributed by atoms with Crippen LogP contribution >= 0.6 is 0 Å². The first kappa shape index (κ1) is 25.0. The number of hydrogen-bond donors (Lipinski definition) is 2. The van der Waals surface area contributed by atoms with Gasteiger partial charge < -0.3 is 19.9 Å². The SMILES string of the molecule is CN(C)c1ccc(-c2cccc(C(O)C(=O)N3CCc4nc(C5(c6ccccc6)CC5)[nH]c(=O)c4C3)c2)cn1. The molecular formula is C31H31N5O3. The normalized spacial score (nSPS) is 16.3. The Hall–Kier alpha value is -4.30. The molecule has 4 aromatic rings. The zero-order valence-corrected chi connectivity index (χ0v) is 22.1. The van der Waals surface area contributed by atoms with Crippen molar-refractivity contribution < 1.29 is 9.90 Å². The molecule has 1 aliphatic carbocycles. The molecule has 6 rings (SSSR count). The lowest BCUT2D eigenvalue weighted by atomic mass is 9.94. The van der Waals surface area contributed by atoms with Crippen LogP contribution in [0.3, 0.4) is 0 Å². The number of amides is 1. The van der Waals surface area contributed by atoms with E-state index in [1.807, 2.05) is 67.5 Å². The van der Waals surface area contributed by atoms with Crippen molar-refractivity contribution in [3.63, 3.8) is 0 Å². The predicted molar refractivity (Wildman–Crippen MR) is 149 cm³/mol. The second-order valence-corrected chi connectivity index (χ2v) is 10.6. The van der Waals surface area contributed by atoms with E-state index in [1.54, 1.807) is 17.2 Å². The van der Waals surface area contributed by atoms with Crippen molar-refractivity contribution in [2.75, 3.05) is 25.5 Å². The van der Waals surface area contributed by atoms with Gasteiger partial charge in [0.25, 0.3) is 11.5 Å². The Bertz CT molecular complexity index is 1580. The van der Waals surface area contributed by atoms with Gasteiger partial charge in [0, 0.05) is 38.8 Å². The number of carbonyl (C=O) groups excluding carboxylic acids is 1. The number of rotatable bonds is 6. The third-order valence-electron chi connectivity index (χ3n) is 7.89. The lowest BCUT2D eigenvalue weighted by molar-refractivity contribution is -0.141. The Morgan fingerprint density at radius 1 is 1.05 bits per heavy atom. The number of fused-ring (bicyclic) bond motifs is 1. The number of aliphatic hydroxyl groups is 1. The van der Waals surface area contributed by atoms with Crippen LogP contribution in [0.1, 0.15) is 47.2 Å². The second kappa shape index (κ2) is 9.78. The molecule has 8 nitrogen and oxygen atoms in total. The number of aliphatic hydroxyl groups excluding tert-OH is 1. The average Bonchev–Trinajstić information content (AvgIpc) is 3.79. The molecule has 8 heteroatoms. The molecule has 2 aliphatic rings. The average molecular weight is 522 g/mol. The molecule has 0 bridgehead atoms. The van der Waals surface area contributed by atoms with Crippen molar-refractivity contribution in [3.05, 3.63) is 111 Å².